The van der Waals surface area contributed by atoms with Crippen molar-refractivity contribution in [3.63, 3.8) is 0 Å². The van der Waals surface area contributed by atoms with Crippen molar-refractivity contribution >= 4 is 11.7 Å². The van der Waals surface area contributed by atoms with Gasteiger partial charge in [-0.3, -0.25) is 4.79 Å². The fourth-order valence-corrected chi connectivity index (χ4v) is 0.486. The molecule has 0 rings (SSSR count). The number of hydrogen-bond donors (Lipinski definition) is 2. The third kappa shape index (κ3) is 10.8. The lowest BCUT2D eigenvalue weighted by Gasteiger charge is -2.11. The van der Waals surface area contributed by atoms with Gasteiger partial charge < -0.3 is 10.3 Å². The summed E-state index contributed by atoms with van der Waals surface area (Å²) in [4.78, 5) is 9.78. The molecule has 0 bridgehead atoms. The summed E-state index contributed by atoms with van der Waals surface area (Å²) in [5.41, 5.74) is 0.206. The molecular formula is C9H16F3NO3. The van der Waals surface area contributed by atoms with Gasteiger partial charge >= 0.3 is 12.1 Å². The number of rotatable bonds is 3. The molecule has 0 aromatic heterocycles. The van der Waals surface area contributed by atoms with Crippen LogP contribution in [-0.2, 0) is 4.79 Å². The smallest absolute Gasteiger partial charge is 0.391 e. The Balaban J connectivity index is 0. The zero-order valence-corrected chi connectivity index (χ0v) is 9.38. The normalized spacial score (nSPS) is 13.8. The third-order valence-corrected chi connectivity index (χ3v) is 1.75. The molecule has 0 aliphatic rings. The Morgan fingerprint density at radius 3 is 1.94 bits per heavy atom. The van der Waals surface area contributed by atoms with E-state index >= 15 is 0 Å². The number of carbonyl (C=O) groups is 1. The van der Waals surface area contributed by atoms with E-state index in [9.17, 15) is 18.0 Å². The van der Waals surface area contributed by atoms with Crippen molar-refractivity contribution in [3.8, 4) is 0 Å². The summed E-state index contributed by atoms with van der Waals surface area (Å²) in [6, 6.07) is 0. The Morgan fingerprint density at radius 2 is 1.88 bits per heavy atom. The van der Waals surface area contributed by atoms with E-state index in [1.54, 1.807) is 0 Å². The van der Waals surface area contributed by atoms with Gasteiger partial charge in [0.25, 0.3) is 0 Å². The summed E-state index contributed by atoms with van der Waals surface area (Å²) in [6.07, 6.45) is -4.02. The molecule has 1 atom stereocenters. The Labute approximate surface area is 91.8 Å². The minimum absolute atomic E-state index is 0.170. The number of halogens is 3. The first-order chi connectivity index (χ1) is 7.15. The van der Waals surface area contributed by atoms with Gasteiger partial charge in [0, 0.05) is 0 Å². The Bertz CT molecular complexity index is 239. The number of nitrogens with zero attached hydrogens (tertiary/aromatic N) is 1. The molecule has 2 N–H and O–H groups in total. The molecule has 0 aromatic carbocycles. The molecule has 96 valence electrons. The highest BCUT2D eigenvalue weighted by Gasteiger charge is 2.33. The van der Waals surface area contributed by atoms with Gasteiger partial charge in [-0.2, -0.15) is 13.2 Å². The van der Waals surface area contributed by atoms with Crippen molar-refractivity contribution in [2.24, 2.45) is 11.1 Å². The predicted octanol–water partition coefficient (Wildman–Crippen LogP) is 2.91. The zero-order chi connectivity index (χ0) is 13.4. The van der Waals surface area contributed by atoms with Gasteiger partial charge in [0.2, 0.25) is 0 Å². The Morgan fingerprint density at radius 1 is 1.44 bits per heavy atom. The average molecular weight is 243 g/mol. The Hall–Kier alpha value is -1.27. The zero-order valence-electron chi connectivity index (χ0n) is 9.38. The maximum atomic E-state index is 11.4. The van der Waals surface area contributed by atoms with Crippen LogP contribution in [0, 0.1) is 5.92 Å². The van der Waals surface area contributed by atoms with Crippen molar-refractivity contribution in [1.29, 1.82) is 0 Å². The number of aliphatic carboxylic acids is 1. The second-order valence-electron chi connectivity index (χ2n) is 3.26. The van der Waals surface area contributed by atoms with Crippen LogP contribution < -0.4 is 0 Å². The van der Waals surface area contributed by atoms with Crippen LogP contribution in [0.1, 0.15) is 33.6 Å². The van der Waals surface area contributed by atoms with Crippen LogP contribution in [-0.4, -0.2) is 28.2 Å². The molecule has 0 amide bonds. The summed E-state index contributed by atoms with van der Waals surface area (Å²) >= 11 is 0. The van der Waals surface area contributed by atoms with E-state index in [0.29, 0.717) is 0 Å². The highest BCUT2D eigenvalue weighted by Crippen LogP contribution is 2.27. The molecule has 0 radical (unpaired) electrons. The monoisotopic (exact) mass is 243 g/mol. The molecule has 0 heterocycles. The first-order valence-electron chi connectivity index (χ1n) is 4.61. The third-order valence-electron chi connectivity index (χ3n) is 1.75. The van der Waals surface area contributed by atoms with Crippen LogP contribution in [0.2, 0.25) is 0 Å². The molecule has 0 aliphatic carbocycles. The van der Waals surface area contributed by atoms with Gasteiger partial charge in [-0.15, -0.1) is 0 Å². The minimum atomic E-state index is -3.99. The lowest BCUT2D eigenvalue weighted by atomic mass is 10.1. The maximum Gasteiger partial charge on any atom is 0.391 e. The molecule has 0 aromatic rings. The standard InChI is InChI=1S/C5H9F3.C4H7NO3/c1-3-4(2)5(6,7)8;1-3(5-8)2-4(6)7/h4H,3H2,1-2H3;8H,2H2,1H3,(H,6,7). The summed E-state index contributed by atoms with van der Waals surface area (Å²) in [5.74, 6) is -2.14. The fraction of sp³-hybridized carbons (Fsp3) is 0.778. The van der Waals surface area contributed by atoms with Crippen molar-refractivity contribution in [2.75, 3.05) is 0 Å². The molecule has 0 spiro atoms. The van der Waals surface area contributed by atoms with Gasteiger partial charge in [0.05, 0.1) is 18.1 Å². The predicted molar refractivity (Wildman–Crippen MR) is 52.7 cm³/mol. The number of carboxylic acids is 1. The van der Waals surface area contributed by atoms with Crippen molar-refractivity contribution in [1.82, 2.24) is 0 Å². The van der Waals surface area contributed by atoms with Gasteiger partial charge in [-0.1, -0.05) is 19.0 Å². The molecule has 1 unspecified atom stereocenters. The van der Waals surface area contributed by atoms with Crippen LogP contribution in [0.4, 0.5) is 13.2 Å². The van der Waals surface area contributed by atoms with Crippen LogP contribution in [0.5, 0.6) is 0 Å². The van der Waals surface area contributed by atoms with Gasteiger partial charge in [0.1, 0.15) is 0 Å². The van der Waals surface area contributed by atoms with Gasteiger partial charge in [-0.25, -0.2) is 0 Å². The van der Waals surface area contributed by atoms with E-state index in [1.165, 1.54) is 20.8 Å². The number of carboxylic acid groups (broad SMARTS) is 1. The first kappa shape index (κ1) is 17.1. The van der Waals surface area contributed by atoms with E-state index in [0.717, 1.165) is 0 Å². The van der Waals surface area contributed by atoms with E-state index in [1.807, 2.05) is 0 Å². The number of hydrogen-bond acceptors (Lipinski definition) is 3. The number of oxime groups is 1. The molecule has 0 saturated heterocycles. The topological polar surface area (TPSA) is 69.9 Å². The second-order valence-corrected chi connectivity index (χ2v) is 3.26. The van der Waals surface area contributed by atoms with Crippen molar-refractivity contribution < 1.29 is 28.3 Å². The van der Waals surface area contributed by atoms with Gasteiger partial charge in [0.15, 0.2) is 0 Å². The maximum absolute atomic E-state index is 11.4. The summed E-state index contributed by atoms with van der Waals surface area (Å²) in [7, 11) is 0. The molecule has 0 saturated carbocycles. The SMILES string of the molecule is CC(CC(=O)O)=NO.CCC(C)C(F)(F)F. The first-order valence-corrected chi connectivity index (χ1v) is 4.61. The molecule has 7 heteroatoms. The minimum Gasteiger partial charge on any atom is -0.481 e. The van der Waals surface area contributed by atoms with Crippen molar-refractivity contribution in [3.05, 3.63) is 0 Å². The quantitative estimate of drug-likeness (QED) is 0.455. The Kier molecular flexibility index (Phi) is 8.51. The summed E-state index contributed by atoms with van der Waals surface area (Å²) in [6.45, 7) is 4.15. The van der Waals surface area contributed by atoms with Gasteiger partial charge in [-0.05, 0) is 13.3 Å². The molecular weight excluding hydrogens is 227 g/mol. The van der Waals surface area contributed by atoms with Crippen LogP contribution >= 0.6 is 0 Å². The molecule has 16 heavy (non-hydrogen) atoms. The highest BCUT2D eigenvalue weighted by molar-refractivity contribution is 5.96. The summed E-state index contributed by atoms with van der Waals surface area (Å²) in [5, 5.41) is 18.6. The summed E-state index contributed by atoms with van der Waals surface area (Å²) < 4.78 is 34.3. The molecule has 0 aliphatic heterocycles. The van der Waals surface area contributed by atoms with E-state index in [4.69, 9.17) is 10.3 Å². The van der Waals surface area contributed by atoms with Crippen LogP contribution in [0.25, 0.3) is 0 Å². The van der Waals surface area contributed by atoms with E-state index in [-0.39, 0.29) is 18.6 Å². The van der Waals surface area contributed by atoms with Crippen molar-refractivity contribution in [2.45, 2.75) is 39.8 Å². The largest absolute Gasteiger partial charge is 0.481 e. The highest BCUT2D eigenvalue weighted by atomic mass is 19.4. The van der Waals surface area contributed by atoms with Crippen LogP contribution in [0.3, 0.4) is 0 Å². The fourth-order valence-electron chi connectivity index (χ4n) is 0.486. The second kappa shape index (κ2) is 7.95. The molecule has 0 fully saturated rings. The number of alkyl halides is 3. The van der Waals surface area contributed by atoms with E-state index in [2.05, 4.69) is 5.16 Å². The van der Waals surface area contributed by atoms with E-state index < -0.39 is 18.1 Å². The average Bonchev–Trinajstić information content (AvgIpc) is 2.15. The lowest BCUT2D eigenvalue weighted by molar-refractivity contribution is -0.170. The molecule has 4 nitrogen and oxygen atoms in total. The van der Waals surface area contributed by atoms with Crippen LogP contribution in [0.15, 0.2) is 5.16 Å². The lowest BCUT2D eigenvalue weighted by Crippen LogP contribution is -2.18.